The van der Waals surface area contributed by atoms with Gasteiger partial charge >= 0.3 is 0 Å². The summed E-state index contributed by atoms with van der Waals surface area (Å²) in [6.07, 6.45) is 1.06. The van der Waals surface area contributed by atoms with Gasteiger partial charge < -0.3 is 10.6 Å². The predicted octanol–water partition coefficient (Wildman–Crippen LogP) is 1.16. The number of likely N-dealkylation sites (N-methyl/N-ethyl adjacent to an activating group) is 1. The Balaban J connectivity index is 2.13. The first kappa shape index (κ1) is 15.6. The molecular weight excluding hydrogens is 262 g/mol. The summed E-state index contributed by atoms with van der Waals surface area (Å²) in [4.78, 5) is 16.9. The maximum atomic E-state index is 12.6. The van der Waals surface area contributed by atoms with Gasteiger partial charge in [0.1, 0.15) is 0 Å². The Hall–Kier alpha value is -1.83. The van der Waals surface area contributed by atoms with Gasteiger partial charge in [0.25, 0.3) is 5.91 Å². The first-order valence-electron chi connectivity index (χ1n) is 7.44. The van der Waals surface area contributed by atoms with Gasteiger partial charge in [0.15, 0.2) is 0 Å². The van der Waals surface area contributed by atoms with E-state index in [-0.39, 0.29) is 5.91 Å². The third-order valence-electron chi connectivity index (χ3n) is 3.98. The topological polar surface area (TPSA) is 49.6 Å². The quantitative estimate of drug-likeness (QED) is 0.830. The van der Waals surface area contributed by atoms with Crippen LogP contribution in [0, 0.1) is 11.8 Å². The van der Waals surface area contributed by atoms with Crippen molar-refractivity contribution in [1.29, 1.82) is 0 Å². The van der Waals surface area contributed by atoms with Gasteiger partial charge in [0.05, 0.1) is 6.54 Å². The minimum Gasteiger partial charge on any atom is -0.336 e. The van der Waals surface area contributed by atoms with Crippen molar-refractivity contribution in [1.82, 2.24) is 9.80 Å². The van der Waals surface area contributed by atoms with Crippen molar-refractivity contribution in [3.63, 3.8) is 0 Å². The molecule has 0 aliphatic carbocycles. The number of benzene rings is 1. The molecule has 0 bridgehead atoms. The number of nitrogens with two attached hydrogens (primary N) is 1. The fraction of sp³-hybridized carbons (Fsp3) is 0.471. The van der Waals surface area contributed by atoms with Gasteiger partial charge in [-0.3, -0.25) is 9.69 Å². The molecule has 1 aromatic carbocycles. The lowest BCUT2D eigenvalue weighted by Crippen LogP contribution is -2.52. The average molecular weight is 285 g/mol. The van der Waals surface area contributed by atoms with Gasteiger partial charge in [0, 0.05) is 36.8 Å². The van der Waals surface area contributed by atoms with E-state index < -0.39 is 0 Å². The number of carbonyl (C=O) groups excluding carboxylic acids is 1. The van der Waals surface area contributed by atoms with Crippen molar-refractivity contribution < 1.29 is 4.79 Å². The number of rotatable bonds is 2. The third kappa shape index (κ3) is 3.84. The highest BCUT2D eigenvalue weighted by Crippen LogP contribution is 2.14. The maximum Gasteiger partial charge on any atom is 0.253 e. The Morgan fingerprint density at radius 1 is 1.43 bits per heavy atom. The molecule has 0 saturated carbocycles. The summed E-state index contributed by atoms with van der Waals surface area (Å²) in [5, 5.41) is 0. The fourth-order valence-corrected chi connectivity index (χ4v) is 2.64. The molecule has 1 amide bonds. The highest BCUT2D eigenvalue weighted by Gasteiger charge is 2.26. The van der Waals surface area contributed by atoms with Crippen LogP contribution in [0.5, 0.6) is 0 Å². The second kappa shape index (κ2) is 7.26. The molecule has 0 radical (unpaired) electrons. The molecule has 1 heterocycles. The maximum absolute atomic E-state index is 12.6. The summed E-state index contributed by atoms with van der Waals surface area (Å²) < 4.78 is 0. The van der Waals surface area contributed by atoms with Crippen LogP contribution < -0.4 is 5.73 Å². The summed E-state index contributed by atoms with van der Waals surface area (Å²) in [5.74, 6) is 5.89. The lowest BCUT2D eigenvalue weighted by molar-refractivity contribution is 0.0542. The van der Waals surface area contributed by atoms with E-state index in [9.17, 15) is 4.79 Å². The molecule has 1 saturated heterocycles. The van der Waals surface area contributed by atoms with E-state index in [1.807, 2.05) is 29.2 Å². The average Bonchev–Trinajstić information content (AvgIpc) is 2.53. The molecule has 1 aliphatic heterocycles. The third-order valence-corrected chi connectivity index (χ3v) is 3.98. The number of carbonyl (C=O) groups is 1. The number of piperazine rings is 1. The van der Waals surface area contributed by atoms with Crippen molar-refractivity contribution in [3.05, 3.63) is 35.4 Å². The second-order valence-corrected chi connectivity index (χ2v) is 5.38. The van der Waals surface area contributed by atoms with Gasteiger partial charge in [-0.2, -0.15) is 0 Å². The Bertz CT molecular complexity index is 559. The van der Waals surface area contributed by atoms with Crippen molar-refractivity contribution >= 4 is 5.91 Å². The first-order valence-corrected chi connectivity index (χ1v) is 7.44. The van der Waals surface area contributed by atoms with Crippen LogP contribution in [0.2, 0.25) is 0 Å². The lowest BCUT2D eigenvalue weighted by Gasteiger charge is -2.39. The Labute approximate surface area is 126 Å². The van der Waals surface area contributed by atoms with E-state index in [1.165, 1.54) is 0 Å². The molecule has 1 aliphatic rings. The summed E-state index contributed by atoms with van der Waals surface area (Å²) in [6.45, 7) is 5.00. The zero-order valence-electron chi connectivity index (χ0n) is 12.8. The van der Waals surface area contributed by atoms with Crippen molar-refractivity contribution in [3.8, 4) is 11.8 Å². The van der Waals surface area contributed by atoms with Gasteiger partial charge in [-0.1, -0.05) is 24.8 Å². The van der Waals surface area contributed by atoms with E-state index in [0.29, 0.717) is 18.2 Å². The molecule has 4 heteroatoms. The van der Waals surface area contributed by atoms with Gasteiger partial charge in [0.2, 0.25) is 0 Å². The number of amides is 1. The summed E-state index contributed by atoms with van der Waals surface area (Å²) >= 11 is 0. The Morgan fingerprint density at radius 2 is 2.24 bits per heavy atom. The molecule has 1 aromatic rings. The highest BCUT2D eigenvalue weighted by atomic mass is 16.2. The van der Waals surface area contributed by atoms with E-state index >= 15 is 0 Å². The molecular formula is C17H23N3O. The zero-order valence-corrected chi connectivity index (χ0v) is 12.8. The van der Waals surface area contributed by atoms with Crippen LogP contribution in [0.25, 0.3) is 0 Å². The molecule has 2 rings (SSSR count). The molecule has 112 valence electrons. The van der Waals surface area contributed by atoms with Crippen LogP contribution in [-0.4, -0.2) is 55.0 Å². The molecule has 1 atom stereocenters. The number of hydrogen-bond donors (Lipinski definition) is 1. The summed E-state index contributed by atoms with van der Waals surface area (Å²) in [5.41, 5.74) is 6.93. The minimum atomic E-state index is 0.0953. The highest BCUT2D eigenvalue weighted by molar-refractivity contribution is 5.94. The van der Waals surface area contributed by atoms with Gasteiger partial charge in [-0.15, -0.1) is 0 Å². The SMILES string of the molecule is CCC1CN(C(=O)c2cccc(C#CCN)c2)CCN1C. The van der Waals surface area contributed by atoms with Crippen molar-refractivity contribution in [2.24, 2.45) is 5.73 Å². The minimum absolute atomic E-state index is 0.0953. The first-order chi connectivity index (χ1) is 10.2. The predicted molar refractivity (Wildman–Crippen MR) is 85.0 cm³/mol. The van der Waals surface area contributed by atoms with E-state index in [4.69, 9.17) is 5.73 Å². The van der Waals surface area contributed by atoms with Crippen LogP contribution in [0.1, 0.15) is 29.3 Å². The van der Waals surface area contributed by atoms with E-state index in [1.54, 1.807) is 0 Å². The normalized spacial score (nSPS) is 19.0. The molecule has 0 spiro atoms. The monoisotopic (exact) mass is 285 g/mol. The Morgan fingerprint density at radius 3 is 2.95 bits per heavy atom. The van der Waals surface area contributed by atoms with Crippen LogP contribution in [0.4, 0.5) is 0 Å². The number of hydrogen-bond acceptors (Lipinski definition) is 3. The second-order valence-electron chi connectivity index (χ2n) is 5.38. The van der Waals surface area contributed by atoms with Crippen LogP contribution in [0.15, 0.2) is 24.3 Å². The molecule has 21 heavy (non-hydrogen) atoms. The smallest absolute Gasteiger partial charge is 0.253 e. The molecule has 0 aromatic heterocycles. The summed E-state index contributed by atoms with van der Waals surface area (Å²) in [6, 6.07) is 7.93. The van der Waals surface area contributed by atoms with E-state index in [0.717, 1.165) is 31.6 Å². The lowest BCUT2D eigenvalue weighted by atomic mass is 10.1. The zero-order chi connectivity index (χ0) is 15.2. The van der Waals surface area contributed by atoms with Gasteiger partial charge in [-0.05, 0) is 31.7 Å². The van der Waals surface area contributed by atoms with Crippen LogP contribution >= 0.6 is 0 Å². The standard InChI is InChI=1S/C17H23N3O/c1-3-16-13-20(11-10-19(16)2)17(21)15-8-4-6-14(12-15)7-5-9-18/h4,6,8,12,16H,3,9-11,13,18H2,1-2H3. The van der Waals surface area contributed by atoms with Gasteiger partial charge in [-0.25, -0.2) is 0 Å². The molecule has 1 fully saturated rings. The number of nitrogens with zero attached hydrogens (tertiary/aromatic N) is 2. The fourth-order valence-electron chi connectivity index (χ4n) is 2.64. The van der Waals surface area contributed by atoms with E-state index in [2.05, 4.69) is 30.7 Å². The molecule has 4 nitrogen and oxygen atoms in total. The summed E-state index contributed by atoms with van der Waals surface area (Å²) in [7, 11) is 2.12. The van der Waals surface area contributed by atoms with Crippen LogP contribution in [0.3, 0.4) is 0 Å². The Kier molecular flexibility index (Phi) is 5.38. The molecule has 1 unspecified atom stereocenters. The van der Waals surface area contributed by atoms with Crippen molar-refractivity contribution in [2.45, 2.75) is 19.4 Å². The van der Waals surface area contributed by atoms with Crippen molar-refractivity contribution in [2.75, 3.05) is 33.2 Å². The largest absolute Gasteiger partial charge is 0.336 e. The van der Waals surface area contributed by atoms with Crippen LogP contribution in [-0.2, 0) is 0 Å². The molecule has 2 N–H and O–H groups in total.